The van der Waals surface area contributed by atoms with Crippen LogP contribution in [0.3, 0.4) is 0 Å². The van der Waals surface area contributed by atoms with Crippen molar-refractivity contribution in [1.29, 1.82) is 0 Å². The number of benzene rings is 1. The van der Waals surface area contributed by atoms with Crippen LogP contribution in [0.5, 0.6) is 0 Å². The van der Waals surface area contributed by atoms with E-state index in [4.69, 9.17) is 4.74 Å². The van der Waals surface area contributed by atoms with Gasteiger partial charge in [-0.1, -0.05) is 44.2 Å². The molecule has 0 aliphatic carbocycles. The second-order valence-corrected chi connectivity index (χ2v) is 3.80. The quantitative estimate of drug-likeness (QED) is 0.746. The van der Waals surface area contributed by atoms with Crippen LogP contribution in [0.25, 0.3) is 0 Å². The molecule has 1 aromatic carbocycles. The minimum absolute atomic E-state index is 0.0938. The third kappa shape index (κ3) is 4.45. The highest BCUT2D eigenvalue weighted by molar-refractivity contribution is 5.72. The summed E-state index contributed by atoms with van der Waals surface area (Å²) < 4.78 is 5.21. The maximum atomic E-state index is 11.6. The number of carbonyl (C=O) groups excluding carboxylic acids is 1. The lowest BCUT2D eigenvalue weighted by Gasteiger charge is -2.11. The number of carbonyl (C=O) groups is 1. The molecule has 3 heteroatoms. The summed E-state index contributed by atoms with van der Waals surface area (Å²) in [4.78, 5) is 11.6. The van der Waals surface area contributed by atoms with Gasteiger partial charge < -0.3 is 10.1 Å². The Morgan fingerprint density at radius 1 is 1.38 bits per heavy atom. The molecule has 0 saturated heterocycles. The average molecular weight is 221 g/mol. The molecule has 1 atom stereocenters. The van der Waals surface area contributed by atoms with Crippen molar-refractivity contribution < 1.29 is 9.53 Å². The Bertz CT molecular complexity index is 311. The van der Waals surface area contributed by atoms with Crippen LogP contribution in [0.15, 0.2) is 30.3 Å². The zero-order valence-electron chi connectivity index (χ0n) is 9.90. The number of ether oxygens (including phenoxy) is 1. The van der Waals surface area contributed by atoms with Gasteiger partial charge in [-0.05, 0) is 12.1 Å². The summed E-state index contributed by atoms with van der Waals surface area (Å²) in [5, 5.41) is 3.13. The third-order valence-corrected chi connectivity index (χ3v) is 2.33. The molecule has 0 amide bonds. The van der Waals surface area contributed by atoms with Crippen molar-refractivity contribution in [1.82, 2.24) is 5.32 Å². The van der Waals surface area contributed by atoms with E-state index in [9.17, 15) is 4.79 Å². The van der Waals surface area contributed by atoms with Crippen LogP contribution >= 0.6 is 0 Å². The van der Waals surface area contributed by atoms with Crippen LogP contribution in [0.2, 0.25) is 0 Å². The van der Waals surface area contributed by atoms with Crippen LogP contribution in [0.4, 0.5) is 0 Å². The second-order valence-electron chi connectivity index (χ2n) is 3.80. The van der Waals surface area contributed by atoms with Gasteiger partial charge in [-0.2, -0.15) is 0 Å². The molecule has 1 aromatic rings. The van der Waals surface area contributed by atoms with E-state index in [2.05, 4.69) is 5.32 Å². The predicted molar refractivity (Wildman–Crippen MR) is 63.9 cm³/mol. The number of hydrogen-bond donors (Lipinski definition) is 1. The molecular weight excluding hydrogens is 202 g/mol. The lowest BCUT2D eigenvalue weighted by molar-refractivity contribution is -0.149. The fourth-order valence-electron chi connectivity index (χ4n) is 1.32. The van der Waals surface area contributed by atoms with Gasteiger partial charge in [0.1, 0.15) is 6.61 Å². The molecule has 1 rings (SSSR count). The fraction of sp³-hybridized carbons (Fsp3) is 0.462. The van der Waals surface area contributed by atoms with Crippen molar-refractivity contribution in [3.63, 3.8) is 0 Å². The Kier molecular flexibility index (Phi) is 5.57. The van der Waals surface area contributed by atoms with E-state index < -0.39 is 0 Å². The first kappa shape index (κ1) is 12.7. The molecule has 0 aliphatic rings. The minimum Gasteiger partial charge on any atom is -0.461 e. The summed E-state index contributed by atoms with van der Waals surface area (Å²) in [6, 6.07) is 9.71. The summed E-state index contributed by atoms with van der Waals surface area (Å²) >= 11 is 0. The van der Waals surface area contributed by atoms with E-state index in [1.54, 1.807) is 0 Å². The van der Waals surface area contributed by atoms with Gasteiger partial charge in [-0.15, -0.1) is 0 Å². The lowest BCUT2D eigenvalue weighted by atomic mass is 10.2. The summed E-state index contributed by atoms with van der Waals surface area (Å²) in [7, 11) is 0. The molecule has 16 heavy (non-hydrogen) atoms. The highest BCUT2D eigenvalue weighted by Gasteiger charge is 2.13. The Balaban J connectivity index is 2.29. The molecule has 0 aromatic heterocycles. The summed E-state index contributed by atoms with van der Waals surface area (Å²) in [6.07, 6.45) is 0. The molecule has 0 fully saturated rings. The molecule has 3 nitrogen and oxygen atoms in total. The molecule has 1 N–H and O–H groups in total. The Hall–Kier alpha value is -1.35. The SMILES string of the molecule is CCNCC(C)C(=O)OCc1ccccc1. The normalized spacial score (nSPS) is 12.1. The van der Waals surface area contributed by atoms with E-state index in [-0.39, 0.29) is 11.9 Å². The lowest BCUT2D eigenvalue weighted by Crippen LogP contribution is -2.27. The second kappa shape index (κ2) is 7.01. The fourth-order valence-corrected chi connectivity index (χ4v) is 1.32. The van der Waals surface area contributed by atoms with E-state index in [0.29, 0.717) is 13.2 Å². The van der Waals surface area contributed by atoms with Crippen molar-refractivity contribution in [3.05, 3.63) is 35.9 Å². The van der Waals surface area contributed by atoms with E-state index >= 15 is 0 Å². The van der Waals surface area contributed by atoms with Gasteiger partial charge in [0, 0.05) is 6.54 Å². The zero-order chi connectivity index (χ0) is 11.8. The molecule has 0 aliphatic heterocycles. The maximum absolute atomic E-state index is 11.6. The van der Waals surface area contributed by atoms with Gasteiger partial charge in [0.2, 0.25) is 0 Å². The first-order valence-electron chi connectivity index (χ1n) is 5.65. The monoisotopic (exact) mass is 221 g/mol. The smallest absolute Gasteiger partial charge is 0.310 e. The van der Waals surface area contributed by atoms with Gasteiger partial charge in [-0.3, -0.25) is 4.79 Å². The Morgan fingerprint density at radius 3 is 2.69 bits per heavy atom. The van der Waals surface area contributed by atoms with Gasteiger partial charge in [0.05, 0.1) is 5.92 Å². The molecule has 0 spiro atoms. The summed E-state index contributed by atoms with van der Waals surface area (Å²) in [5.74, 6) is -0.242. The van der Waals surface area contributed by atoms with Crippen LogP contribution < -0.4 is 5.32 Å². The van der Waals surface area contributed by atoms with Gasteiger partial charge >= 0.3 is 5.97 Å². The van der Waals surface area contributed by atoms with Crippen LogP contribution in [0, 0.1) is 5.92 Å². The molecule has 0 radical (unpaired) electrons. The molecule has 0 bridgehead atoms. The number of hydrogen-bond acceptors (Lipinski definition) is 3. The predicted octanol–water partition coefficient (Wildman–Crippen LogP) is 1.98. The largest absolute Gasteiger partial charge is 0.461 e. The highest BCUT2D eigenvalue weighted by atomic mass is 16.5. The van der Waals surface area contributed by atoms with Crippen LogP contribution in [-0.4, -0.2) is 19.1 Å². The topological polar surface area (TPSA) is 38.3 Å². The standard InChI is InChI=1S/C13H19NO2/c1-3-14-9-11(2)13(15)16-10-12-7-5-4-6-8-12/h4-8,11,14H,3,9-10H2,1-2H3. The van der Waals surface area contributed by atoms with E-state index in [0.717, 1.165) is 12.1 Å². The Morgan fingerprint density at radius 2 is 2.06 bits per heavy atom. The highest BCUT2D eigenvalue weighted by Crippen LogP contribution is 2.04. The third-order valence-electron chi connectivity index (χ3n) is 2.33. The van der Waals surface area contributed by atoms with Crippen molar-refractivity contribution in [2.75, 3.05) is 13.1 Å². The van der Waals surface area contributed by atoms with Crippen molar-refractivity contribution in [3.8, 4) is 0 Å². The van der Waals surface area contributed by atoms with Crippen LogP contribution in [-0.2, 0) is 16.1 Å². The first-order valence-corrected chi connectivity index (χ1v) is 5.65. The van der Waals surface area contributed by atoms with Crippen molar-refractivity contribution in [2.24, 2.45) is 5.92 Å². The molecule has 0 saturated carbocycles. The maximum Gasteiger partial charge on any atom is 0.310 e. The number of esters is 1. The van der Waals surface area contributed by atoms with E-state index in [1.807, 2.05) is 44.2 Å². The number of nitrogens with one attached hydrogen (secondary N) is 1. The minimum atomic E-state index is -0.148. The molecule has 88 valence electrons. The van der Waals surface area contributed by atoms with Crippen LogP contribution in [0.1, 0.15) is 19.4 Å². The van der Waals surface area contributed by atoms with Crippen molar-refractivity contribution in [2.45, 2.75) is 20.5 Å². The Labute approximate surface area is 96.8 Å². The summed E-state index contributed by atoms with van der Waals surface area (Å²) in [6.45, 7) is 5.79. The summed E-state index contributed by atoms with van der Waals surface area (Å²) in [5.41, 5.74) is 1.02. The van der Waals surface area contributed by atoms with E-state index in [1.165, 1.54) is 0 Å². The van der Waals surface area contributed by atoms with Gasteiger partial charge in [0.15, 0.2) is 0 Å². The molecule has 0 heterocycles. The number of rotatable bonds is 6. The van der Waals surface area contributed by atoms with Gasteiger partial charge in [0.25, 0.3) is 0 Å². The zero-order valence-corrected chi connectivity index (χ0v) is 9.90. The molecular formula is C13H19NO2. The molecule has 1 unspecified atom stereocenters. The van der Waals surface area contributed by atoms with Crippen molar-refractivity contribution >= 4 is 5.97 Å². The average Bonchev–Trinajstić information content (AvgIpc) is 2.34. The van der Waals surface area contributed by atoms with Gasteiger partial charge in [-0.25, -0.2) is 0 Å². The first-order chi connectivity index (χ1) is 7.74.